The molecule has 7 nitrogen and oxygen atoms in total. The number of rotatable bonds is 3. The zero-order valence-electron chi connectivity index (χ0n) is 14.0. The van der Waals surface area contributed by atoms with Crippen LogP contribution in [-0.2, 0) is 7.05 Å². The molecule has 0 radical (unpaired) electrons. The van der Waals surface area contributed by atoms with Gasteiger partial charge in [-0.05, 0) is 18.2 Å². The van der Waals surface area contributed by atoms with E-state index in [0.29, 0.717) is 29.6 Å². The molecular weight excluding hydrogens is 354 g/mol. The Bertz CT molecular complexity index is 1070. The summed E-state index contributed by atoms with van der Waals surface area (Å²) < 4.78 is 2.92. The van der Waals surface area contributed by atoms with Crippen molar-refractivity contribution in [3.63, 3.8) is 0 Å². The van der Waals surface area contributed by atoms with Crippen LogP contribution in [0.5, 0.6) is 0 Å². The van der Waals surface area contributed by atoms with E-state index in [-0.39, 0.29) is 17.2 Å². The molecule has 132 valence electrons. The molecule has 1 aromatic carbocycles. The Balaban J connectivity index is 1.56. The fourth-order valence-electron chi connectivity index (χ4n) is 2.88. The summed E-state index contributed by atoms with van der Waals surface area (Å²) in [7, 11) is 1.66. The summed E-state index contributed by atoms with van der Waals surface area (Å²) in [5.74, 6) is 0.617. The zero-order chi connectivity index (χ0) is 18.3. The molecule has 1 fully saturated rings. The largest absolute Gasteiger partial charge is 0.352 e. The number of aromatic nitrogens is 4. The minimum atomic E-state index is -0.149. The van der Waals surface area contributed by atoms with Crippen LogP contribution in [0.2, 0.25) is 5.02 Å². The van der Waals surface area contributed by atoms with Crippen LogP contribution < -0.4 is 16.0 Å². The first kappa shape index (κ1) is 16.5. The summed E-state index contributed by atoms with van der Waals surface area (Å²) in [5, 5.41) is 5.15. The topological polar surface area (TPSA) is 73.0 Å². The number of benzene rings is 1. The van der Waals surface area contributed by atoms with Gasteiger partial charge in [0, 0.05) is 42.9 Å². The third-order valence-electron chi connectivity index (χ3n) is 4.46. The van der Waals surface area contributed by atoms with Crippen molar-refractivity contribution in [3.05, 3.63) is 74.5 Å². The van der Waals surface area contributed by atoms with Crippen LogP contribution in [0.1, 0.15) is 6.04 Å². The van der Waals surface area contributed by atoms with Crippen LogP contribution >= 0.6 is 11.6 Å². The van der Waals surface area contributed by atoms with Gasteiger partial charge >= 0.3 is 0 Å². The van der Waals surface area contributed by atoms with Crippen molar-refractivity contribution in [2.24, 2.45) is 7.05 Å². The standard InChI is InChI=1S/C18H16ClN5O2/c1-22-11-20-16(8-18(22)26)23-9-14(10-23)24-17(25)7-6-15(21-24)12-2-4-13(19)5-3-12/h2-8,11,14H,9-10H2,1H3. The van der Waals surface area contributed by atoms with E-state index in [2.05, 4.69) is 10.1 Å². The normalized spacial score (nSPS) is 14.3. The van der Waals surface area contributed by atoms with Crippen molar-refractivity contribution in [1.82, 2.24) is 19.3 Å². The van der Waals surface area contributed by atoms with Crippen molar-refractivity contribution >= 4 is 17.4 Å². The van der Waals surface area contributed by atoms with Crippen molar-refractivity contribution in [2.45, 2.75) is 6.04 Å². The second-order valence-electron chi connectivity index (χ2n) is 6.26. The van der Waals surface area contributed by atoms with Gasteiger partial charge in [-0.2, -0.15) is 5.10 Å². The minimum absolute atomic E-state index is 0.0550. The number of nitrogens with zero attached hydrogens (tertiary/aromatic N) is 5. The van der Waals surface area contributed by atoms with E-state index in [4.69, 9.17) is 11.6 Å². The van der Waals surface area contributed by atoms with E-state index < -0.39 is 0 Å². The number of anilines is 1. The van der Waals surface area contributed by atoms with Gasteiger partial charge in [0.1, 0.15) is 5.82 Å². The molecule has 0 N–H and O–H groups in total. The molecule has 0 saturated carbocycles. The molecule has 0 bridgehead atoms. The van der Waals surface area contributed by atoms with E-state index in [1.807, 2.05) is 17.0 Å². The van der Waals surface area contributed by atoms with E-state index >= 15 is 0 Å². The SMILES string of the molecule is Cn1cnc(N2CC(n3nc(-c4ccc(Cl)cc4)ccc3=O)C2)cc1=O. The van der Waals surface area contributed by atoms with E-state index in [1.54, 1.807) is 25.2 Å². The van der Waals surface area contributed by atoms with Crippen LogP contribution in [0.4, 0.5) is 5.82 Å². The molecule has 0 unspecified atom stereocenters. The van der Waals surface area contributed by atoms with E-state index in [1.165, 1.54) is 27.7 Å². The Morgan fingerprint density at radius 2 is 1.77 bits per heavy atom. The third kappa shape index (κ3) is 3.01. The van der Waals surface area contributed by atoms with Crippen LogP contribution in [0, 0.1) is 0 Å². The van der Waals surface area contributed by atoms with Crippen molar-refractivity contribution in [2.75, 3.05) is 18.0 Å². The average Bonchev–Trinajstić information content (AvgIpc) is 2.59. The molecule has 0 aliphatic carbocycles. The minimum Gasteiger partial charge on any atom is -0.352 e. The third-order valence-corrected chi connectivity index (χ3v) is 4.71. The molecule has 3 aromatic rings. The first-order valence-corrected chi connectivity index (χ1v) is 8.52. The van der Waals surface area contributed by atoms with Crippen LogP contribution in [0.25, 0.3) is 11.3 Å². The van der Waals surface area contributed by atoms with Crippen molar-refractivity contribution in [3.8, 4) is 11.3 Å². The second-order valence-corrected chi connectivity index (χ2v) is 6.70. The van der Waals surface area contributed by atoms with Gasteiger partial charge < -0.3 is 9.47 Å². The Labute approximate surface area is 154 Å². The Kier molecular flexibility index (Phi) is 4.08. The molecule has 8 heteroatoms. The maximum absolute atomic E-state index is 12.2. The molecule has 0 spiro atoms. The lowest BCUT2D eigenvalue weighted by Crippen LogP contribution is -2.51. The molecule has 0 atom stereocenters. The zero-order valence-corrected chi connectivity index (χ0v) is 14.8. The Hall–Kier alpha value is -2.93. The predicted octanol–water partition coefficient (Wildman–Crippen LogP) is 1.72. The Morgan fingerprint density at radius 3 is 2.46 bits per heavy atom. The van der Waals surface area contributed by atoms with Crippen LogP contribution in [-0.4, -0.2) is 32.4 Å². The van der Waals surface area contributed by atoms with Crippen molar-refractivity contribution in [1.29, 1.82) is 0 Å². The van der Waals surface area contributed by atoms with Gasteiger partial charge in [0.05, 0.1) is 18.1 Å². The second kappa shape index (κ2) is 6.42. The number of hydrogen-bond acceptors (Lipinski definition) is 5. The maximum Gasteiger partial charge on any atom is 0.267 e. The molecule has 3 heterocycles. The smallest absolute Gasteiger partial charge is 0.267 e. The summed E-state index contributed by atoms with van der Waals surface area (Å²) in [6, 6.07) is 12.0. The summed E-state index contributed by atoms with van der Waals surface area (Å²) in [4.78, 5) is 30.2. The van der Waals surface area contributed by atoms with Gasteiger partial charge in [-0.1, -0.05) is 23.7 Å². The highest BCUT2D eigenvalue weighted by Crippen LogP contribution is 2.25. The lowest BCUT2D eigenvalue weighted by Gasteiger charge is -2.40. The first-order valence-electron chi connectivity index (χ1n) is 8.15. The summed E-state index contributed by atoms with van der Waals surface area (Å²) in [5.41, 5.74) is 1.35. The lowest BCUT2D eigenvalue weighted by atomic mass is 10.1. The van der Waals surface area contributed by atoms with E-state index in [9.17, 15) is 9.59 Å². The fraction of sp³-hybridized carbons (Fsp3) is 0.222. The molecule has 0 amide bonds. The van der Waals surface area contributed by atoms with Gasteiger partial charge in [-0.15, -0.1) is 0 Å². The lowest BCUT2D eigenvalue weighted by molar-refractivity contribution is 0.352. The van der Waals surface area contributed by atoms with Crippen molar-refractivity contribution < 1.29 is 0 Å². The predicted molar refractivity (Wildman–Crippen MR) is 99.7 cm³/mol. The maximum atomic E-state index is 12.2. The molecule has 1 saturated heterocycles. The number of aryl methyl sites for hydroxylation is 1. The molecule has 4 rings (SSSR count). The fourth-order valence-corrected chi connectivity index (χ4v) is 3.01. The average molecular weight is 370 g/mol. The summed E-state index contributed by atoms with van der Waals surface area (Å²) in [6.07, 6.45) is 1.50. The van der Waals surface area contributed by atoms with Gasteiger partial charge in [-0.3, -0.25) is 9.59 Å². The van der Waals surface area contributed by atoms with Gasteiger partial charge in [0.25, 0.3) is 11.1 Å². The first-order chi connectivity index (χ1) is 12.5. The monoisotopic (exact) mass is 369 g/mol. The highest BCUT2D eigenvalue weighted by molar-refractivity contribution is 6.30. The van der Waals surface area contributed by atoms with Crippen LogP contribution in [0.3, 0.4) is 0 Å². The molecular formula is C18H16ClN5O2. The summed E-state index contributed by atoms with van der Waals surface area (Å²) in [6.45, 7) is 1.16. The summed E-state index contributed by atoms with van der Waals surface area (Å²) >= 11 is 5.92. The molecule has 26 heavy (non-hydrogen) atoms. The number of halogens is 1. The highest BCUT2D eigenvalue weighted by atomic mass is 35.5. The van der Waals surface area contributed by atoms with Gasteiger partial charge in [0.15, 0.2) is 0 Å². The Morgan fingerprint density at radius 1 is 1.04 bits per heavy atom. The highest BCUT2D eigenvalue weighted by Gasteiger charge is 2.31. The molecule has 1 aliphatic heterocycles. The quantitative estimate of drug-likeness (QED) is 0.703. The van der Waals surface area contributed by atoms with Gasteiger partial charge in [-0.25, -0.2) is 9.67 Å². The molecule has 1 aliphatic rings. The van der Waals surface area contributed by atoms with E-state index in [0.717, 1.165) is 5.56 Å². The number of hydrogen-bond donors (Lipinski definition) is 0. The van der Waals surface area contributed by atoms with Gasteiger partial charge in [0.2, 0.25) is 0 Å². The van der Waals surface area contributed by atoms with Crippen LogP contribution in [0.15, 0.2) is 58.4 Å². The molecule has 2 aromatic heterocycles.